The minimum Gasteiger partial charge on any atom is -0.504 e. The minimum absolute atomic E-state index is 0.0143. The number of nitrogens with zero attached hydrogens (tertiary/aromatic N) is 2. The largest absolute Gasteiger partial charge is 0.504 e. The number of aliphatic hydroxyl groups is 2. The molecule has 8 aliphatic heterocycles. The summed E-state index contributed by atoms with van der Waals surface area (Å²) in [7, 11) is 3.44. The Balaban J connectivity index is 1.32. The number of rotatable bonds is 3. The molecule has 4 aromatic rings. The number of para-hydroxylation sites is 1. The number of aromatic nitrogens is 1. The molecule has 0 amide bonds. The number of methoxy groups -OCH3 is 1. The summed E-state index contributed by atoms with van der Waals surface area (Å²) in [5.74, 6) is 0.355. The monoisotopic (exact) mass is 770 g/mol. The standard InChI is InChI=1S/C40H42N4O10S/c1-17-10-20-12-39(49)15-43(4)29(26(20)31(47)32(17)50-5)30-36-28-27(35-34(52-16-53-35)18(2)33(28)54-19(3)46)25(44(30)39)14-51-38(48)40(55-36)37-23(11-21(13-45)42-40)22-8-6-7-9-24(22)41-37/h6-10,21,25,29-30,36,41-42,45,47,49H,11-16H2,1-5H3/t21-,25?,29+,30+,36+,39?,40-/m0/s1. The number of thioether (sulfide) groups is 1. The third-order valence-electron chi connectivity index (χ3n) is 12.4. The van der Waals surface area contributed by atoms with Crippen molar-refractivity contribution in [2.75, 3.05) is 40.7 Å². The number of piperazine rings is 1. The van der Waals surface area contributed by atoms with Gasteiger partial charge >= 0.3 is 11.9 Å². The Kier molecular flexibility index (Phi) is 7.62. The van der Waals surface area contributed by atoms with Crippen molar-refractivity contribution >= 4 is 34.6 Å². The zero-order valence-corrected chi connectivity index (χ0v) is 31.8. The lowest BCUT2D eigenvalue weighted by atomic mass is 9.78. The number of phenols is 1. The Morgan fingerprint density at radius 3 is 2.65 bits per heavy atom. The summed E-state index contributed by atoms with van der Waals surface area (Å²) in [5.41, 5.74) is 4.66. The molecule has 12 rings (SSSR count). The van der Waals surface area contributed by atoms with Crippen LogP contribution in [0.4, 0.5) is 0 Å². The summed E-state index contributed by atoms with van der Waals surface area (Å²) in [4.78, 5) is 34.2. The van der Waals surface area contributed by atoms with Crippen LogP contribution in [0.3, 0.4) is 0 Å². The van der Waals surface area contributed by atoms with Crippen LogP contribution < -0.4 is 24.3 Å². The van der Waals surface area contributed by atoms with E-state index >= 15 is 4.79 Å². The quantitative estimate of drug-likeness (QED) is 0.151. The van der Waals surface area contributed by atoms with Gasteiger partial charge in [-0.25, -0.2) is 4.79 Å². The zero-order chi connectivity index (χ0) is 38.3. The lowest BCUT2D eigenvalue weighted by Crippen LogP contribution is -2.69. The minimum atomic E-state index is -1.62. The molecule has 288 valence electrons. The molecule has 0 saturated carbocycles. The van der Waals surface area contributed by atoms with E-state index in [2.05, 4.69) is 15.2 Å². The summed E-state index contributed by atoms with van der Waals surface area (Å²) < 4.78 is 30.7. The molecular weight excluding hydrogens is 729 g/mol. The second kappa shape index (κ2) is 12.0. The highest BCUT2D eigenvalue weighted by molar-refractivity contribution is 8.01. The van der Waals surface area contributed by atoms with Crippen molar-refractivity contribution < 1.29 is 48.6 Å². The second-order valence-corrected chi connectivity index (χ2v) is 16.9. The van der Waals surface area contributed by atoms with Gasteiger partial charge < -0.3 is 44.0 Å². The number of nitrogens with one attached hydrogen (secondary N) is 2. The van der Waals surface area contributed by atoms with Gasteiger partial charge in [-0.2, -0.15) is 0 Å². The molecule has 5 N–H and O–H groups in total. The van der Waals surface area contributed by atoms with Gasteiger partial charge in [0.15, 0.2) is 23.0 Å². The van der Waals surface area contributed by atoms with Gasteiger partial charge in [-0.1, -0.05) is 24.3 Å². The molecule has 55 heavy (non-hydrogen) atoms. The molecular formula is C40H42N4O10S. The van der Waals surface area contributed by atoms with E-state index in [-0.39, 0.29) is 44.5 Å². The Bertz CT molecular complexity index is 2350. The Morgan fingerprint density at radius 2 is 1.89 bits per heavy atom. The average molecular weight is 771 g/mol. The number of esters is 2. The number of aliphatic hydroxyl groups excluding tert-OH is 1. The fourth-order valence-corrected chi connectivity index (χ4v) is 12.4. The SMILES string of the molecule is COc1c(C)cc2c(c1O)[C@@H]1[C@@H]3[C@@H]4S[C@]5(N[C@H](CO)Cc6c5[nH]c5ccccc65)C(=O)OCC(c5c6c(c(C)c(OC(C)=O)c54)OCO6)N3C(O)(C2)CN1C. The molecule has 1 spiro atoms. The van der Waals surface area contributed by atoms with Crippen LogP contribution >= 0.6 is 11.8 Å². The fraction of sp³-hybridized carbons (Fsp3) is 0.450. The van der Waals surface area contributed by atoms with Crippen molar-refractivity contribution in [3.05, 3.63) is 75.0 Å². The van der Waals surface area contributed by atoms with E-state index in [4.69, 9.17) is 23.7 Å². The molecule has 0 aliphatic carbocycles. The van der Waals surface area contributed by atoms with Gasteiger partial charge in [-0.15, -0.1) is 11.8 Å². The second-order valence-electron chi connectivity index (χ2n) is 15.6. The molecule has 3 aromatic carbocycles. The Morgan fingerprint density at radius 1 is 1.11 bits per heavy atom. The Labute approximate surface area is 320 Å². The summed E-state index contributed by atoms with van der Waals surface area (Å²) in [6, 6.07) is 7.22. The maximum Gasteiger partial charge on any atom is 0.343 e. The number of phenolic OH excluding ortho intramolecular Hbond substituents is 1. The number of ether oxygens (including phenoxy) is 5. The van der Waals surface area contributed by atoms with Gasteiger partial charge in [-0.05, 0) is 50.1 Å². The highest BCUT2D eigenvalue weighted by Gasteiger charge is 2.66. The number of aromatic amines is 1. The van der Waals surface area contributed by atoms with Crippen LogP contribution in [-0.2, 0) is 32.0 Å². The van der Waals surface area contributed by atoms with Crippen LogP contribution in [0, 0.1) is 13.8 Å². The molecule has 8 aliphatic rings. The number of carbonyl (C=O) groups is 2. The molecule has 0 radical (unpaired) electrons. The Hall–Kier alpha value is -4.51. The van der Waals surface area contributed by atoms with Gasteiger partial charge in [0.05, 0.1) is 36.7 Å². The van der Waals surface area contributed by atoms with Crippen LogP contribution in [0.15, 0.2) is 30.3 Å². The smallest absolute Gasteiger partial charge is 0.343 e. The number of hydrogen-bond donors (Lipinski definition) is 5. The zero-order valence-electron chi connectivity index (χ0n) is 31.0. The van der Waals surface area contributed by atoms with Crippen LogP contribution in [0.25, 0.3) is 10.9 Å². The predicted octanol–water partition coefficient (Wildman–Crippen LogP) is 3.50. The maximum atomic E-state index is 15.1. The third-order valence-corrected chi connectivity index (χ3v) is 14.0. The van der Waals surface area contributed by atoms with Gasteiger partial charge in [0.2, 0.25) is 11.7 Å². The number of benzene rings is 3. The number of aryl methyl sites for hydroxylation is 1. The van der Waals surface area contributed by atoms with E-state index in [1.165, 1.54) is 25.8 Å². The van der Waals surface area contributed by atoms with E-state index < -0.39 is 52.0 Å². The first-order chi connectivity index (χ1) is 26.4. The summed E-state index contributed by atoms with van der Waals surface area (Å²) >= 11 is 1.28. The summed E-state index contributed by atoms with van der Waals surface area (Å²) in [5, 5.41) is 39.8. The third kappa shape index (κ3) is 4.62. The molecule has 9 heterocycles. The van der Waals surface area contributed by atoms with E-state index in [9.17, 15) is 20.1 Å². The summed E-state index contributed by atoms with van der Waals surface area (Å²) in [6.07, 6.45) is 0.604. The molecule has 8 atom stereocenters. The molecule has 15 heteroatoms. The predicted molar refractivity (Wildman–Crippen MR) is 199 cm³/mol. The molecule has 3 unspecified atom stereocenters. The molecule has 1 aromatic heterocycles. The highest BCUT2D eigenvalue weighted by Crippen LogP contribution is 2.67. The van der Waals surface area contributed by atoms with Crippen LogP contribution in [0.1, 0.15) is 68.9 Å². The molecule has 14 nitrogen and oxygen atoms in total. The summed E-state index contributed by atoms with van der Waals surface area (Å²) in [6.45, 7) is 4.69. The molecule has 4 bridgehead atoms. The molecule has 2 saturated heterocycles. The van der Waals surface area contributed by atoms with Crippen LogP contribution in [0.5, 0.6) is 28.7 Å². The lowest BCUT2D eigenvalue weighted by Gasteiger charge is -2.60. The maximum absolute atomic E-state index is 15.1. The van der Waals surface area contributed by atoms with Crippen molar-refractivity contribution in [1.82, 2.24) is 20.1 Å². The van der Waals surface area contributed by atoms with Crippen molar-refractivity contribution in [2.24, 2.45) is 0 Å². The average Bonchev–Trinajstić information content (AvgIpc) is 3.76. The number of likely N-dealkylation sites (N-methyl/N-ethyl adjacent to an activating group) is 1. The van der Waals surface area contributed by atoms with Gasteiger partial charge in [0.25, 0.3) is 0 Å². The highest BCUT2D eigenvalue weighted by atomic mass is 32.2. The van der Waals surface area contributed by atoms with Gasteiger partial charge in [0, 0.05) is 65.1 Å². The number of fused-ring (bicyclic) bond motifs is 7. The van der Waals surface area contributed by atoms with Crippen molar-refractivity contribution in [1.29, 1.82) is 0 Å². The number of hydrogen-bond acceptors (Lipinski definition) is 14. The number of aromatic hydroxyl groups is 1. The number of carbonyl (C=O) groups excluding carboxylic acids is 2. The van der Waals surface area contributed by atoms with Crippen molar-refractivity contribution in [3.63, 3.8) is 0 Å². The fourth-order valence-electron chi connectivity index (χ4n) is 10.5. The van der Waals surface area contributed by atoms with E-state index in [1.54, 1.807) is 0 Å². The van der Waals surface area contributed by atoms with Gasteiger partial charge in [0.1, 0.15) is 18.1 Å². The normalized spacial score (nSPS) is 31.4. The van der Waals surface area contributed by atoms with Crippen LogP contribution in [0.2, 0.25) is 0 Å². The topological polar surface area (TPSA) is 175 Å². The first-order valence-electron chi connectivity index (χ1n) is 18.5. The van der Waals surface area contributed by atoms with E-state index in [0.717, 1.165) is 27.6 Å². The lowest BCUT2D eigenvalue weighted by molar-refractivity contribution is -0.213. The van der Waals surface area contributed by atoms with E-state index in [0.29, 0.717) is 51.6 Å². The first-order valence-corrected chi connectivity index (χ1v) is 19.4. The van der Waals surface area contributed by atoms with Crippen molar-refractivity contribution in [3.8, 4) is 28.7 Å². The van der Waals surface area contributed by atoms with Crippen LogP contribution in [-0.4, -0.2) is 101 Å². The van der Waals surface area contributed by atoms with E-state index in [1.807, 2.05) is 56.1 Å². The first kappa shape index (κ1) is 34.9. The number of H-pyrrole nitrogens is 1. The van der Waals surface area contributed by atoms with Crippen molar-refractivity contribution in [2.45, 2.75) is 73.6 Å². The van der Waals surface area contributed by atoms with Gasteiger partial charge in [-0.3, -0.25) is 19.9 Å². The molecule has 2 fully saturated rings.